The Labute approximate surface area is 183 Å². The Hall–Kier alpha value is -3.24. The highest BCUT2D eigenvalue weighted by molar-refractivity contribution is 7.27. The van der Waals surface area contributed by atoms with Crippen LogP contribution in [0.2, 0.25) is 0 Å². The van der Waals surface area contributed by atoms with Gasteiger partial charge in [-0.3, -0.25) is 9.59 Å². The Morgan fingerprint density at radius 2 is 1.81 bits per heavy atom. The van der Waals surface area contributed by atoms with E-state index in [0.29, 0.717) is 18.5 Å². The zero-order valence-corrected chi connectivity index (χ0v) is 18.8. The van der Waals surface area contributed by atoms with Gasteiger partial charge in [0.2, 0.25) is 5.82 Å². The second-order valence-corrected chi connectivity index (χ2v) is 8.45. The van der Waals surface area contributed by atoms with E-state index in [9.17, 15) is 9.59 Å². The number of aryl methyl sites for hydroxylation is 4. The molecule has 2 amide bonds. The van der Waals surface area contributed by atoms with Gasteiger partial charge in [-0.1, -0.05) is 42.0 Å². The molecule has 0 fully saturated rings. The van der Waals surface area contributed by atoms with Gasteiger partial charge in [-0.05, 0) is 55.6 Å². The molecule has 1 atom stereocenters. The van der Waals surface area contributed by atoms with Gasteiger partial charge in [-0.25, -0.2) is 15.0 Å². The molecule has 0 bridgehead atoms. The Morgan fingerprint density at radius 3 is 2.55 bits per heavy atom. The van der Waals surface area contributed by atoms with Gasteiger partial charge in [-0.2, -0.15) is 0 Å². The van der Waals surface area contributed by atoms with Gasteiger partial charge >= 0.3 is 5.91 Å². The maximum absolute atomic E-state index is 12.8. The molecular weight excluding hydrogens is 407 g/mol. The molecule has 3 aromatic rings. The number of benzene rings is 2. The minimum atomic E-state index is -0.618. The molecule has 2 aromatic carbocycles. The summed E-state index contributed by atoms with van der Waals surface area (Å²) in [4.78, 5) is 38.2. The Kier molecular flexibility index (Phi) is 5.75. The molecule has 31 heavy (non-hydrogen) atoms. The summed E-state index contributed by atoms with van der Waals surface area (Å²) in [6.07, 6.45) is 2.62. The first-order valence-corrected chi connectivity index (χ1v) is 10.6. The number of anilines is 1. The van der Waals surface area contributed by atoms with E-state index in [0.717, 1.165) is 38.8 Å². The molecule has 1 aliphatic rings. The van der Waals surface area contributed by atoms with Crippen molar-refractivity contribution >= 4 is 37.8 Å². The fraction of sp³-hybridized carbons (Fsp3) is 0.208. The number of aromatic nitrogens is 2. The molecular formula is C24H23N4O2P. The lowest BCUT2D eigenvalue weighted by Gasteiger charge is -2.11. The lowest BCUT2D eigenvalue weighted by molar-refractivity contribution is -0.110. The van der Waals surface area contributed by atoms with Crippen LogP contribution in [-0.2, 0) is 11.2 Å². The molecule has 4 rings (SSSR count). The maximum Gasteiger partial charge on any atom is 0.315 e. The summed E-state index contributed by atoms with van der Waals surface area (Å²) in [6, 6.07) is 11.9. The molecule has 2 heterocycles. The number of hydrogen-bond donors (Lipinski definition) is 1. The van der Waals surface area contributed by atoms with Crippen molar-refractivity contribution < 1.29 is 9.59 Å². The van der Waals surface area contributed by atoms with Crippen LogP contribution in [0.5, 0.6) is 0 Å². The van der Waals surface area contributed by atoms with E-state index in [-0.39, 0.29) is 17.4 Å². The van der Waals surface area contributed by atoms with E-state index in [1.165, 1.54) is 0 Å². The summed E-state index contributed by atoms with van der Waals surface area (Å²) in [5.41, 5.74) is 6.60. The summed E-state index contributed by atoms with van der Waals surface area (Å²) >= 11 is 0. The van der Waals surface area contributed by atoms with Crippen molar-refractivity contribution in [3.63, 3.8) is 0 Å². The smallest absolute Gasteiger partial charge is 0.315 e. The van der Waals surface area contributed by atoms with E-state index in [1.807, 2.05) is 51.1 Å². The molecule has 1 unspecified atom stereocenters. The Bertz CT molecular complexity index is 1230. The molecule has 0 saturated heterocycles. The minimum Gasteiger partial charge on any atom is -0.320 e. The molecule has 6 nitrogen and oxygen atoms in total. The van der Waals surface area contributed by atoms with Crippen LogP contribution in [0.1, 0.15) is 39.3 Å². The van der Waals surface area contributed by atoms with Gasteiger partial charge in [-0.15, -0.1) is 9.24 Å². The Balaban J connectivity index is 1.63. The van der Waals surface area contributed by atoms with Crippen LogP contribution in [0.15, 0.2) is 47.6 Å². The van der Waals surface area contributed by atoms with E-state index in [2.05, 4.69) is 35.6 Å². The number of hydrogen-bond acceptors (Lipinski definition) is 4. The molecule has 0 spiro atoms. The van der Waals surface area contributed by atoms with Crippen LogP contribution < -0.4 is 10.6 Å². The molecule has 1 aliphatic heterocycles. The summed E-state index contributed by atoms with van der Waals surface area (Å²) < 4.78 is 0. The zero-order valence-electron chi connectivity index (χ0n) is 17.7. The third-order valence-electron chi connectivity index (χ3n) is 5.28. The second kappa shape index (κ2) is 8.48. The third-order valence-corrected chi connectivity index (χ3v) is 5.66. The molecule has 0 aliphatic carbocycles. The van der Waals surface area contributed by atoms with Gasteiger partial charge in [0, 0.05) is 17.4 Å². The fourth-order valence-corrected chi connectivity index (χ4v) is 3.93. The van der Waals surface area contributed by atoms with Gasteiger partial charge in [0.1, 0.15) is 5.71 Å². The first-order chi connectivity index (χ1) is 14.8. The van der Waals surface area contributed by atoms with Crippen molar-refractivity contribution in [2.45, 2.75) is 33.6 Å². The molecule has 156 valence electrons. The first kappa shape index (κ1) is 21.0. The summed E-state index contributed by atoms with van der Waals surface area (Å²) in [5, 5.41) is 3.97. The molecule has 0 saturated carbocycles. The van der Waals surface area contributed by atoms with E-state index in [1.54, 1.807) is 6.20 Å². The van der Waals surface area contributed by atoms with Crippen LogP contribution in [0.3, 0.4) is 0 Å². The SMILES string of the molecule is Cc1cc(C)c2c(c1)CC/C(=N\C(=O)c1ncc(C)c(-c3ccc(P)cc3)n1)C(=O)N2. The van der Waals surface area contributed by atoms with Crippen LogP contribution >= 0.6 is 9.24 Å². The monoisotopic (exact) mass is 430 g/mol. The summed E-state index contributed by atoms with van der Waals surface area (Å²) in [7, 11) is 2.64. The van der Waals surface area contributed by atoms with Crippen molar-refractivity contribution in [2.24, 2.45) is 4.99 Å². The topological polar surface area (TPSA) is 84.3 Å². The van der Waals surface area contributed by atoms with Crippen molar-refractivity contribution in [2.75, 3.05) is 5.32 Å². The van der Waals surface area contributed by atoms with Crippen LogP contribution in [-0.4, -0.2) is 27.5 Å². The third kappa shape index (κ3) is 4.44. The van der Waals surface area contributed by atoms with Crippen LogP contribution in [0.25, 0.3) is 11.3 Å². The zero-order chi connectivity index (χ0) is 22.1. The first-order valence-electron chi connectivity index (χ1n) is 10.0. The summed E-state index contributed by atoms with van der Waals surface area (Å²) in [6.45, 7) is 5.88. The summed E-state index contributed by atoms with van der Waals surface area (Å²) in [5.74, 6) is -1.00. The van der Waals surface area contributed by atoms with Crippen molar-refractivity contribution in [1.82, 2.24) is 9.97 Å². The van der Waals surface area contributed by atoms with Crippen molar-refractivity contribution in [1.29, 1.82) is 0 Å². The predicted molar refractivity (Wildman–Crippen MR) is 126 cm³/mol. The van der Waals surface area contributed by atoms with Crippen LogP contribution in [0, 0.1) is 20.8 Å². The number of carbonyl (C=O) groups is 2. The standard InChI is InChI=1S/C24H23N4O2P/c1-13-10-14(2)20-17(11-13)6-9-19(23(29)28-20)26-24(30)22-25-12-15(3)21(27-22)16-4-7-18(31)8-5-16/h4-5,7-8,10-12H,6,9,31H2,1-3H3,(H,28,29)/b26-19+. The predicted octanol–water partition coefficient (Wildman–Crippen LogP) is 3.74. The number of nitrogens with zero attached hydrogens (tertiary/aromatic N) is 3. The van der Waals surface area contributed by atoms with E-state index >= 15 is 0 Å². The lowest BCUT2D eigenvalue weighted by Crippen LogP contribution is -2.23. The fourth-order valence-electron chi connectivity index (χ4n) is 3.74. The normalized spacial score (nSPS) is 14.7. The Morgan fingerprint density at radius 1 is 1.06 bits per heavy atom. The number of rotatable bonds is 2. The highest BCUT2D eigenvalue weighted by atomic mass is 31.0. The highest BCUT2D eigenvalue weighted by Gasteiger charge is 2.23. The lowest BCUT2D eigenvalue weighted by atomic mass is 10.0. The molecule has 0 radical (unpaired) electrons. The van der Waals surface area contributed by atoms with Crippen molar-refractivity contribution in [3.05, 3.63) is 70.7 Å². The average Bonchev–Trinajstić information content (AvgIpc) is 2.88. The van der Waals surface area contributed by atoms with Crippen LogP contribution in [0.4, 0.5) is 5.69 Å². The minimum absolute atomic E-state index is 0.0235. The number of amides is 2. The van der Waals surface area contributed by atoms with Crippen molar-refractivity contribution in [3.8, 4) is 11.3 Å². The molecule has 7 heteroatoms. The highest BCUT2D eigenvalue weighted by Crippen LogP contribution is 2.27. The van der Waals surface area contributed by atoms with E-state index < -0.39 is 5.91 Å². The largest absolute Gasteiger partial charge is 0.320 e. The quantitative estimate of drug-likeness (QED) is 0.628. The second-order valence-electron chi connectivity index (χ2n) is 7.78. The molecule has 1 aromatic heterocycles. The average molecular weight is 430 g/mol. The van der Waals surface area contributed by atoms with Gasteiger partial charge < -0.3 is 5.32 Å². The maximum atomic E-state index is 12.8. The van der Waals surface area contributed by atoms with Gasteiger partial charge in [0.15, 0.2) is 0 Å². The molecule has 1 N–H and O–H groups in total. The number of nitrogens with one attached hydrogen (secondary N) is 1. The number of fused-ring (bicyclic) bond motifs is 1. The number of carbonyl (C=O) groups excluding carboxylic acids is 2. The van der Waals surface area contributed by atoms with E-state index in [4.69, 9.17) is 0 Å². The van der Waals surface area contributed by atoms with Gasteiger partial charge in [0.05, 0.1) is 5.69 Å². The van der Waals surface area contributed by atoms with Gasteiger partial charge in [0.25, 0.3) is 5.91 Å². The number of aliphatic imine (C=N–C) groups is 1.